The van der Waals surface area contributed by atoms with Crippen molar-refractivity contribution >= 4 is 33.1 Å². The highest BCUT2D eigenvalue weighted by atomic mass is 32.1. The Hall–Kier alpha value is -2.51. The number of hydrogen-bond donors (Lipinski definition) is 2. The van der Waals surface area contributed by atoms with Crippen molar-refractivity contribution in [3.8, 4) is 0 Å². The molecule has 0 fully saturated rings. The zero-order valence-electron chi connectivity index (χ0n) is 15.5. The van der Waals surface area contributed by atoms with Crippen LogP contribution in [0.3, 0.4) is 0 Å². The standard InChI is InChI=1S/C20H22N4O2S/c1-12-6-8-13(9-7-12)21-17(25)11-24(2)10-16-22-19(26)18-14-4-3-5-15(14)27-20(18)23-16/h6-9H,3-5,10-11H2,1-2H3,(H,21,25)(H,22,23,26). The van der Waals surface area contributed by atoms with Crippen LogP contribution in [0.5, 0.6) is 0 Å². The number of amides is 1. The molecule has 6 nitrogen and oxygen atoms in total. The van der Waals surface area contributed by atoms with Gasteiger partial charge in [-0.2, -0.15) is 0 Å². The van der Waals surface area contributed by atoms with Crippen molar-refractivity contribution < 1.29 is 4.79 Å². The zero-order chi connectivity index (χ0) is 19.0. The van der Waals surface area contributed by atoms with Gasteiger partial charge in [0.25, 0.3) is 5.56 Å². The van der Waals surface area contributed by atoms with Crippen molar-refractivity contribution in [3.63, 3.8) is 0 Å². The van der Waals surface area contributed by atoms with E-state index >= 15 is 0 Å². The Morgan fingerprint density at radius 2 is 2.07 bits per heavy atom. The van der Waals surface area contributed by atoms with Crippen molar-refractivity contribution in [2.24, 2.45) is 0 Å². The Kier molecular flexibility index (Phi) is 4.80. The SMILES string of the molecule is Cc1ccc(NC(=O)CN(C)Cc2nc3sc4c(c3c(=O)[nH]2)CCC4)cc1. The molecular weight excluding hydrogens is 360 g/mol. The molecule has 3 aromatic rings. The summed E-state index contributed by atoms with van der Waals surface area (Å²) in [5.41, 5.74) is 3.04. The van der Waals surface area contributed by atoms with Crippen molar-refractivity contribution in [1.82, 2.24) is 14.9 Å². The Balaban J connectivity index is 1.43. The van der Waals surface area contributed by atoms with E-state index in [2.05, 4.69) is 15.3 Å². The van der Waals surface area contributed by atoms with E-state index in [1.54, 1.807) is 11.3 Å². The Morgan fingerprint density at radius 3 is 2.85 bits per heavy atom. The minimum atomic E-state index is -0.0973. The number of nitrogens with zero attached hydrogens (tertiary/aromatic N) is 2. The van der Waals surface area contributed by atoms with Gasteiger partial charge in [-0.05, 0) is 50.9 Å². The summed E-state index contributed by atoms with van der Waals surface area (Å²) in [5, 5.41) is 3.64. The molecule has 0 bridgehead atoms. The fourth-order valence-corrected chi connectivity index (χ4v) is 4.80. The summed E-state index contributed by atoms with van der Waals surface area (Å²) >= 11 is 1.63. The lowest BCUT2D eigenvalue weighted by Gasteiger charge is -2.15. The van der Waals surface area contributed by atoms with E-state index in [1.807, 2.05) is 43.1 Å². The number of thiophene rings is 1. The molecule has 0 unspecified atom stereocenters. The lowest BCUT2D eigenvalue weighted by molar-refractivity contribution is -0.117. The van der Waals surface area contributed by atoms with Gasteiger partial charge in [-0.25, -0.2) is 4.98 Å². The third kappa shape index (κ3) is 3.79. The molecule has 140 valence electrons. The molecule has 2 N–H and O–H groups in total. The first-order valence-electron chi connectivity index (χ1n) is 9.08. The van der Waals surface area contributed by atoms with Gasteiger partial charge in [0.2, 0.25) is 5.91 Å². The molecule has 27 heavy (non-hydrogen) atoms. The highest BCUT2D eigenvalue weighted by molar-refractivity contribution is 7.18. The van der Waals surface area contributed by atoms with Crippen molar-refractivity contribution in [1.29, 1.82) is 0 Å². The number of benzene rings is 1. The van der Waals surface area contributed by atoms with Gasteiger partial charge in [-0.3, -0.25) is 14.5 Å². The lowest BCUT2D eigenvalue weighted by Crippen LogP contribution is -2.31. The maximum Gasteiger partial charge on any atom is 0.259 e. The molecule has 1 amide bonds. The van der Waals surface area contributed by atoms with Crippen LogP contribution in [-0.4, -0.2) is 34.4 Å². The van der Waals surface area contributed by atoms with Gasteiger partial charge in [0.05, 0.1) is 18.5 Å². The van der Waals surface area contributed by atoms with Crippen LogP contribution < -0.4 is 10.9 Å². The Bertz CT molecular complexity index is 1050. The molecule has 1 aromatic carbocycles. The molecule has 0 aliphatic heterocycles. The fraction of sp³-hybridized carbons (Fsp3) is 0.350. The predicted molar refractivity (Wildman–Crippen MR) is 108 cm³/mol. The van der Waals surface area contributed by atoms with Crippen molar-refractivity contribution in [3.05, 3.63) is 56.4 Å². The van der Waals surface area contributed by atoms with Gasteiger partial charge in [0.1, 0.15) is 10.7 Å². The number of aryl methyl sites for hydroxylation is 3. The molecule has 2 aromatic heterocycles. The van der Waals surface area contributed by atoms with Gasteiger partial charge in [-0.1, -0.05) is 17.7 Å². The highest BCUT2D eigenvalue weighted by Crippen LogP contribution is 2.34. The summed E-state index contributed by atoms with van der Waals surface area (Å²) in [5.74, 6) is 0.498. The van der Waals surface area contributed by atoms with E-state index in [-0.39, 0.29) is 18.0 Å². The number of aromatic nitrogens is 2. The van der Waals surface area contributed by atoms with E-state index in [0.29, 0.717) is 12.4 Å². The summed E-state index contributed by atoms with van der Waals surface area (Å²) in [6.45, 7) is 2.64. The average molecular weight is 382 g/mol. The number of fused-ring (bicyclic) bond motifs is 3. The number of rotatable bonds is 5. The van der Waals surface area contributed by atoms with E-state index in [9.17, 15) is 9.59 Å². The third-order valence-electron chi connectivity index (χ3n) is 4.79. The number of H-pyrrole nitrogens is 1. The van der Waals surface area contributed by atoms with E-state index in [1.165, 1.54) is 10.4 Å². The quantitative estimate of drug-likeness (QED) is 0.711. The highest BCUT2D eigenvalue weighted by Gasteiger charge is 2.21. The van der Waals surface area contributed by atoms with Crippen LogP contribution in [0.4, 0.5) is 5.69 Å². The molecular formula is C20H22N4O2S. The van der Waals surface area contributed by atoms with Crippen LogP contribution >= 0.6 is 11.3 Å². The number of carbonyl (C=O) groups excluding carboxylic acids is 1. The Labute approximate surface area is 161 Å². The van der Waals surface area contributed by atoms with Crippen LogP contribution in [0, 0.1) is 6.92 Å². The number of hydrogen-bond acceptors (Lipinski definition) is 5. The predicted octanol–water partition coefficient (Wildman–Crippen LogP) is 2.85. The van der Waals surface area contributed by atoms with Gasteiger partial charge >= 0.3 is 0 Å². The molecule has 0 radical (unpaired) electrons. The second-order valence-electron chi connectivity index (χ2n) is 7.14. The molecule has 4 rings (SSSR count). The summed E-state index contributed by atoms with van der Waals surface area (Å²) in [6.07, 6.45) is 3.14. The van der Waals surface area contributed by atoms with E-state index in [4.69, 9.17) is 0 Å². The smallest absolute Gasteiger partial charge is 0.259 e. The molecule has 0 saturated carbocycles. The molecule has 7 heteroatoms. The maximum atomic E-state index is 12.5. The Morgan fingerprint density at radius 1 is 1.30 bits per heavy atom. The molecule has 0 saturated heterocycles. The minimum absolute atomic E-state index is 0.0630. The van der Waals surface area contributed by atoms with E-state index < -0.39 is 0 Å². The first kappa shape index (κ1) is 17.9. The van der Waals surface area contributed by atoms with Gasteiger partial charge in [0.15, 0.2) is 0 Å². The van der Waals surface area contributed by atoms with Crippen LogP contribution in [0.25, 0.3) is 10.2 Å². The van der Waals surface area contributed by atoms with Crippen LogP contribution in [0.1, 0.15) is 28.2 Å². The van der Waals surface area contributed by atoms with Gasteiger partial charge in [-0.15, -0.1) is 11.3 Å². The molecule has 0 spiro atoms. The summed E-state index contributed by atoms with van der Waals surface area (Å²) in [6, 6.07) is 7.69. The second kappa shape index (κ2) is 7.25. The monoisotopic (exact) mass is 382 g/mol. The van der Waals surface area contributed by atoms with Crippen molar-refractivity contribution in [2.75, 3.05) is 18.9 Å². The molecule has 1 aliphatic carbocycles. The minimum Gasteiger partial charge on any atom is -0.325 e. The largest absolute Gasteiger partial charge is 0.325 e. The normalized spacial score (nSPS) is 13.3. The molecule has 1 aliphatic rings. The number of nitrogens with one attached hydrogen (secondary N) is 2. The maximum absolute atomic E-state index is 12.5. The first-order valence-corrected chi connectivity index (χ1v) is 9.90. The molecule has 0 atom stereocenters. The zero-order valence-corrected chi connectivity index (χ0v) is 16.3. The number of aromatic amines is 1. The van der Waals surface area contributed by atoms with Crippen molar-refractivity contribution in [2.45, 2.75) is 32.7 Å². The summed E-state index contributed by atoms with van der Waals surface area (Å²) in [7, 11) is 1.84. The first-order chi connectivity index (χ1) is 13.0. The van der Waals surface area contributed by atoms with Gasteiger partial charge < -0.3 is 10.3 Å². The van der Waals surface area contributed by atoms with Gasteiger partial charge in [0, 0.05) is 10.6 Å². The molecule has 2 heterocycles. The van der Waals surface area contributed by atoms with E-state index in [0.717, 1.165) is 40.7 Å². The second-order valence-corrected chi connectivity index (χ2v) is 8.22. The third-order valence-corrected chi connectivity index (χ3v) is 5.98. The summed E-state index contributed by atoms with van der Waals surface area (Å²) in [4.78, 5) is 36.2. The summed E-state index contributed by atoms with van der Waals surface area (Å²) < 4.78 is 0. The fourth-order valence-electron chi connectivity index (χ4n) is 3.52. The van der Waals surface area contributed by atoms with Crippen LogP contribution in [-0.2, 0) is 24.2 Å². The topological polar surface area (TPSA) is 78.1 Å². The van der Waals surface area contributed by atoms with Crippen LogP contribution in [0.15, 0.2) is 29.1 Å². The number of carbonyl (C=O) groups is 1. The number of likely N-dealkylation sites (N-methyl/N-ethyl adjacent to an activating group) is 1. The number of anilines is 1. The lowest BCUT2D eigenvalue weighted by atomic mass is 10.2. The van der Waals surface area contributed by atoms with Crippen LogP contribution in [0.2, 0.25) is 0 Å². The average Bonchev–Trinajstić information content (AvgIpc) is 3.17.